The minimum atomic E-state index is -0.200. The van der Waals surface area contributed by atoms with Gasteiger partial charge in [0.2, 0.25) is 0 Å². The molecule has 0 atom stereocenters. The summed E-state index contributed by atoms with van der Waals surface area (Å²) in [6, 6.07) is 9.39. The molecule has 2 N–H and O–H groups in total. The van der Waals surface area contributed by atoms with Gasteiger partial charge in [-0.2, -0.15) is 0 Å². The standard InChI is InChI=1S/C31H33N3O4S/c1-18-17-31(2,3)32-21-7-6-20-27(26(18)21)24(38-23-9-8-22(35)29(37-5)28(20)23)16-25-19(10-15-39-25)30(36)34-13-11-33(4)12-14-34/h6-10,15-17,32,35H,11-14H2,1-5H3. The summed E-state index contributed by atoms with van der Waals surface area (Å²) < 4.78 is 12.2. The van der Waals surface area contributed by atoms with E-state index >= 15 is 0 Å². The van der Waals surface area contributed by atoms with E-state index in [1.54, 1.807) is 19.2 Å². The maximum Gasteiger partial charge on any atom is 0.255 e. The topological polar surface area (TPSA) is 74.3 Å². The van der Waals surface area contributed by atoms with Crippen molar-refractivity contribution in [1.82, 2.24) is 9.80 Å². The molecule has 202 valence electrons. The van der Waals surface area contributed by atoms with Crippen LogP contribution in [0.25, 0.3) is 28.5 Å². The second kappa shape index (κ2) is 9.47. The first-order valence-electron chi connectivity index (χ1n) is 13.2. The number of allylic oxidation sites excluding steroid dienone is 1. The molecule has 8 heteroatoms. The largest absolute Gasteiger partial charge is 0.504 e. The molecule has 1 saturated heterocycles. The van der Waals surface area contributed by atoms with Crippen molar-refractivity contribution in [3.63, 3.8) is 0 Å². The van der Waals surface area contributed by atoms with Gasteiger partial charge in [0.1, 0.15) is 11.5 Å². The van der Waals surface area contributed by atoms with Crippen molar-refractivity contribution in [1.29, 1.82) is 0 Å². The van der Waals surface area contributed by atoms with Crippen molar-refractivity contribution >= 4 is 40.3 Å². The number of aromatic hydroxyl groups is 1. The highest BCUT2D eigenvalue weighted by Gasteiger charge is 2.34. The van der Waals surface area contributed by atoms with Crippen LogP contribution in [0.3, 0.4) is 0 Å². The molecule has 1 fully saturated rings. The minimum Gasteiger partial charge on any atom is -0.504 e. The lowest BCUT2D eigenvalue weighted by Gasteiger charge is -2.35. The first-order valence-corrected chi connectivity index (χ1v) is 14.1. The summed E-state index contributed by atoms with van der Waals surface area (Å²) in [5, 5.41) is 16.2. The van der Waals surface area contributed by atoms with Gasteiger partial charge in [0.05, 0.1) is 23.8 Å². The predicted molar refractivity (Wildman–Crippen MR) is 158 cm³/mol. The number of fused-ring (bicyclic) bond motifs is 5. The molecule has 2 aromatic carbocycles. The summed E-state index contributed by atoms with van der Waals surface area (Å²) in [5.41, 5.74) is 6.20. The molecule has 39 heavy (non-hydrogen) atoms. The number of methoxy groups -OCH3 is 1. The van der Waals surface area contributed by atoms with E-state index in [-0.39, 0.29) is 17.2 Å². The fourth-order valence-electron chi connectivity index (χ4n) is 5.86. The third kappa shape index (κ3) is 4.37. The van der Waals surface area contributed by atoms with Crippen LogP contribution in [0.15, 0.2) is 41.8 Å². The van der Waals surface area contributed by atoms with Gasteiger partial charge in [0.25, 0.3) is 5.91 Å². The van der Waals surface area contributed by atoms with Gasteiger partial charge in [-0.25, -0.2) is 0 Å². The SMILES string of the molecule is COc1c(O)ccc2c1-c1ccc3c(c1C(=Cc1sccc1C(=O)N1CCN(C)CC1)O2)C(C)=CC(C)(C)N3. The molecule has 1 amide bonds. The van der Waals surface area contributed by atoms with Gasteiger partial charge in [-0.15, -0.1) is 11.3 Å². The number of phenols is 1. The van der Waals surface area contributed by atoms with Crippen LogP contribution in [0.4, 0.5) is 5.69 Å². The molecule has 6 rings (SSSR count). The van der Waals surface area contributed by atoms with E-state index in [9.17, 15) is 9.90 Å². The lowest BCUT2D eigenvalue weighted by atomic mass is 9.83. The third-order valence-corrected chi connectivity index (χ3v) is 8.51. The molecular formula is C31H33N3O4S. The van der Waals surface area contributed by atoms with Crippen molar-refractivity contribution in [2.45, 2.75) is 26.3 Å². The second-order valence-corrected chi connectivity index (χ2v) is 11.9. The van der Waals surface area contributed by atoms with E-state index in [2.05, 4.69) is 56.2 Å². The molecule has 0 unspecified atom stereocenters. The molecule has 3 aliphatic rings. The molecule has 1 aromatic heterocycles. The van der Waals surface area contributed by atoms with Crippen LogP contribution in [0, 0.1) is 0 Å². The number of hydrogen-bond donors (Lipinski definition) is 2. The Hall–Kier alpha value is -3.75. The summed E-state index contributed by atoms with van der Waals surface area (Å²) in [6.07, 6.45) is 4.21. The van der Waals surface area contributed by atoms with Crippen LogP contribution in [0.5, 0.6) is 17.2 Å². The molecule has 0 saturated carbocycles. The Morgan fingerprint density at radius 2 is 1.87 bits per heavy atom. The highest BCUT2D eigenvalue weighted by atomic mass is 32.1. The summed E-state index contributed by atoms with van der Waals surface area (Å²) in [4.78, 5) is 18.6. The number of hydrogen-bond acceptors (Lipinski definition) is 7. The minimum absolute atomic E-state index is 0.0498. The smallest absolute Gasteiger partial charge is 0.255 e. The lowest BCUT2D eigenvalue weighted by molar-refractivity contribution is 0.0664. The van der Waals surface area contributed by atoms with Crippen molar-refractivity contribution in [2.75, 3.05) is 45.7 Å². The average Bonchev–Trinajstić information content (AvgIpc) is 3.36. The first-order chi connectivity index (χ1) is 18.7. The van der Waals surface area contributed by atoms with Crippen LogP contribution < -0.4 is 14.8 Å². The van der Waals surface area contributed by atoms with Crippen molar-refractivity contribution < 1.29 is 19.4 Å². The number of carbonyl (C=O) groups is 1. The zero-order chi connectivity index (χ0) is 27.5. The average molecular weight is 544 g/mol. The number of benzene rings is 2. The van der Waals surface area contributed by atoms with Crippen molar-refractivity contribution in [2.24, 2.45) is 0 Å². The highest BCUT2D eigenvalue weighted by molar-refractivity contribution is 7.11. The number of rotatable bonds is 3. The second-order valence-electron chi connectivity index (χ2n) is 11.0. The van der Waals surface area contributed by atoms with Crippen molar-refractivity contribution in [3.8, 4) is 28.4 Å². The molecule has 0 spiro atoms. The number of thiophene rings is 1. The monoisotopic (exact) mass is 543 g/mol. The Labute approximate surface area is 233 Å². The van der Waals surface area contributed by atoms with Crippen LogP contribution in [0.1, 0.15) is 47.1 Å². The molecule has 4 heterocycles. The molecule has 0 aliphatic carbocycles. The third-order valence-electron chi connectivity index (χ3n) is 7.65. The van der Waals surface area contributed by atoms with E-state index in [4.69, 9.17) is 9.47 Å². The van der Waals surface area contributed by atoms with E-state index in [1.807, 2.05) is 22.4 Å². The zero-order valence-electron chi connectivity index (χ0n) is 22.9. The van der Waals surface area contributed by atoms with Gasteiger partial charge < -0.3 is 29.7 Å². The molecule has 3 aromatic rings. The number of anilines is 1. The molecule has 0 bridgehead atoms. The van der Waals surface area contributed by atoms with E-state index in [0.717, 1.165) is 59.0 Å². The Bertz CT molecular complexity index is 1540. The van der Waals surface area contributed by atoms with Gasteiger partial charge in [0, 0.05) is 53.4 Å². The Morgan fingerprint density at radius 1 is 1.10 bits per heavy atom. The Morgan fingerprint density at radius 3 is 2.62 bits per heavy atom. The number of nitrogens with zero attached hydrogens (tertiary/aromatic N) is 2. The van der Waals surface area contributed by atoms with E-state index in [0.29, 0.717) is 28.4 Å². The fraction of sp³-hybridized carbons (Fsp3) is 0.323. The van der Waals surface area contributed by atoms with Crippen molar-refractivity contribution in [3.05, 3.63) is 63.4 Å². The van der Waals surface area contributed by atoms with Gasteiger partial charge in [0.15, 0.2) is 11.5 Å². The predicted octanol–water partition coefficient (Wildman–Crippen LogP) is 6.01. The van der Waals surface area contributed by atoms with Gasteiger partial charge in [-0.05, 0) is 69.1 Å². The van der Waals surface area contributed by atoms with Gasteiger partial charge in [-0.1, -0.05) is 12.1 Å². The molecule has 0 radical (unpaired) electrons. The van der Waals surface area contributed by atoms with Crippen LogP contribution in [-0.4, -0.2) is 66.7 Å². The van der Waals surface area contributed by atoms with Gasteiger partial charge in [-0.3, -0.25) is 4.79 Å². The van der Waals surface area contributed by atoms with Crippen LogP contribution in [-0.2, 0) is 0 Å². The highest BCUT2D eigenvalue weighted by Crippen LogP contribution is 2.54. The maximum absolute atomic E-state index is 13.5. The van der Waals surface area contributed by atoms with Crippen LogP contribution in [0.2, 0.25) is 0 Å². The quantitative estimate of drug-likeness (QED) is 0.421. The number of likely N-dealkylation sites (N-methyl/N-ethyl adjacent to an activating group) is 1. The zero-order valence-corrected chi connectivity index (χ0v) is 23.7. The number of piperazine rings is 1. The maximum atomic E-state index is 13.5. The summed E-state index contributed by atoms with van der Waals surface area (Å²) in [7, 11) is 3.63. The van der Waals surface area contributed by atoms with E-state index < -0.39 is 0 Å². The molecule has 3 aliphatic heterocycles. The first kappa shape index (κ1) is 25.5. The molecule has 7 nitrogen and oxygen atoms in total. The number of nitrogens with one attached hydrogen (secondary N) is 1. The summed E-state index contributed by atoms with van der Waals surface area (Å²) in [6.45, 7) is 9.58. The number of ether oxygens (including phenoxy) is 2. The lowest BCUT2D eigenvalue weighted by Crippen LogP contribution is -2.47. The number of amides is 1. The number of carbonyl (C=O) groups excluding carboxylic acids is 1. The number of phenolic OH excluding ortho intramolecular Hbond substituents is 1. The summed E-state index contributed by atoms with van der Waals surface area (Å²) in [5.74, 6) is 1.74. The van der Waals surface area contributed by atoms with Gasteiger partial charge >= 0.3 is 0 Å². The Balaban J connectivity index is 1.53. The Kier molecular flexibility index (Phi) is 6.19. The summed E-state index contributed by atoms with van der Waals surface area (Å²) >= 11 is 1.53. The van der Waals surface area contributed by atoms with E-state index in [1.165, 1.54) is 11.3 Å². The normalized spacial score (nSPS) is 18.8. The fourth-order valence-corrected chi connectivity index (χ4v) is 6.67. The van der Waals surface area contributed by atoms with Crippen LogP contribution >= 0.6 is 11.3 Å². The molecular weight excluding hydrogens is 510 g/mol.